The van der Waals surface area contributed by atoms with Crippen LogP contribution >= 0.6 is 46.6 Å². The molecule has 1 saturated heterocycles. The maximum atomic E-state index is 12.6. The Morgan fingerprint density at radius 3 is 2.29 bits per heavy atom. The Morgan fingerprint density at radius 1 is 1.00 bits per heavy atom. The first-order valence-corrected chi connectivity index (χ1v) is 11.6. The molecule has 0 spiro atoms. The summed E-state index contributed by atoms with van der Waals surface area (Å²) < 4.78 is 11.5. The van der Waals surface area contributed by atoms with Gasteiger partial charge in [-0.15, -0.1) is 11.8 Å². The summed E-state index contributed by atoms with van der Waals surface area (Å²) >= 11 is 20.1. The fraction of sp³-hybridized carbons (Fsp3) is 0.174. The molecule has 160 valence electrons. The summed E-state index contributed by atoms with van der Waals surface area (Å²) in [6.45, 7) is 0.320. The second kappa shape index (κ2) is 9.61. The third kappa shape index (κ3) is 4.90. The van der Waals surface area contributed by atoms with E-state index in [2.05, 4.69) is 0 Å². The minimum Gasteiger partial charge on any atom is -0.493 e. The number of anilines is 1. The molecule has 3 aromatic carbocycles. The smallest absolute Gasteiger partial charge is 0.238 e. The number of carbonyl (C=O) groups is 1. The number of ether oxygens (including phenoxy) is 2. The van der Waals surface area contributed by atoms with Gasteiger partial charge in [0.25, 0.3) is 0 Å². The largest absolute Gasteiger partial charge is 0.493 e. The highest BCUT2D eigenvalue weighted by Crippen LogP contribution is 2.46. The van der Waals surface area contributed by atoms with Gasteiger partial charge in [-0.25, -0.2) is 0 Å². The fourth-order valence-electron chi connectivity index (χ4n) is 3.31. The van der Waals surface area contributed by atoms with Crippen molar-refractivity contribution >= 4 is 58.2 Å². The molecular weight excluding hydrogens is 477 g/mol. The summed E-state index contributed by atoms with van der Waals surface area (Å²) in [5, 5.41) is 1.47. The van der Waals surface area contributed by atoms with Crippen molar-refractivity contribution in [1.82, 2.24) is 0 Å². The highest BCUT2D eigenvalue weighted by atomic mass is 35.5. The Labute approximate surface area is 200 Å². The Bertz CT molecular complexity index is 1090. The molecule has 0 radical (unpaired) electrons. The zero-order valence-corrected chi connectivity index (χ0v) is 19.6. The van der Waals surface area contributed by atoms with E-state index < -0.39 is 0 Å². The Kier molecular flexibility index (Phi) is 6.87. The monoisotopic (exact) mass is 493 g/mol. The van der Waals surface area contributed by atoms with Gasteiger partial charge in [-0.2, -0.15) is 0 Å². The molecule has 0 saturated carbocycles. The van der Waals surface area contributed by atoms with E-state index in [-0.39, 0.29) is 11.3 Å². The van der Waals surface area contributed by atoms with Gasteiger partial charge < -0.3 is 9.47 Å². The van der Waals surface area contributed by atoms with E-state index in [1.165, 1.54) is 11.8 Å². The molecule has 0 unspecified atom stereocenters. The van der Waals surface area contributed by atoms with Gasteiger partial charge in [0.15, 0.2) is 11.5 Å². The first-order valence-electron chi connectivity index (χ1n) is 9.40. The number of thioether (sulfide) groups is 1. The highest BCUT2D eigenvalue weighted by Gasteiger charge is 2.35. The first kappa shape index (κ1) is 22.2. The maximum absolute atomic E-state index is 12.6. The lowest BCUT2D eigenvalue weighted by molar-refractivity contribution is -0.115. The molecule has 3 aromatic rings. The van der Waals surface area contributed by atoms with E-state index in [9.17, 15) is 4.79 Å². The van der Waals surface area contributed by atoms with Crippen LogP contribution in [0.1, 0.15) is 16.5 Å². The average molecular weight is 495 g/mol. The minimum atomic E-state index is -0.231. The molecule has 4 nitrogen and oxygen atoms in total. The summed E-state index contributed by atoms with van der Waals surface area (Å²) in [6.07, 6.45) is 0. The van der Waals surface area contributed by atoms with Gasteiger partial charge in [-0.1, -0.05) is 46.9 Å². The fourth-order valence-corrected chi connectivity index (χ4v) is 4.99. The molecule has 1 amide bonds. The van der Waals surface area contributed by atoms with Crippen molar-refractivity contribution in [3.8, 4) is 11.5 Å². The molecule has 0 aliphatic carbocycles. The SMILES string of the molecule is COc1cc([C@@H]2SCC(=O)N2c2ccc(Cl)cc2)cc(Cl)c1OCc1ccc(Cl)cc1. The molecule has 0 aromatic heterocycles. The number of hydrogen-bond donors (Lipinski definition) is 0. The molecule has 1 fully saturated rings. The Hall–Kier alpha value is -2.05. The van der Waals surface area contributed by atoms with Gasteiger partial charge in [-0.05, 0) is 59.7 Å². The van der Waals surface area contributed by atoms with Gasteiger partial charge in [0.1, 0.15) is 12.0 Å². The van der Waals surface area contributed by atoms with Crippen molar-refractivity contribution in [3.05, 3.63) is 86.9 Å². The van der Waals surface area contributed by atoms with Gasteiger partial charge in [0.05, 0.1) is 17.9 Å². The second-order valence-corrected chi connectivity index (χ2v) is 9.20. The Balaban J connectivity index is 1.61. The second-order valence-electron chi connectivity index (χ2n) is 6.85. The topological polar surface area (TPSA) is 38.8 Å². The van der Waals surface area contributed by atoms with Crippen LogP contribution in [0.4, 0.5) is 5.69 Å². The zero-order chi connectivity index (χ0) is 22.0. The molecule has 1 aliphatic heterocycles. The maximum Gasteiger partial charge on any atom is 0.238 e. The number of carbonyl (C=O) groups excluding carboxylic acids is 1. The Morgan fingerprint density at radius 2 is 1.65 bits per heavy atom. The molecule has 1 heterocycles. The van der Waals surface area contributed by atoms with Crippen LogP contribution in [0, 0.1) is 0 Å². The summed E-state index contributed by atoms with van der Waals surface area (Å²) in [5.74, 6) is 1.36. The molecule has 4 rings (SSSR count). The number of nitrogens with zero attached hydrogens (tertiary/aromatic N) is 1. The van der Waals surface area contributed by atoms with Crippen molar-refractivity contribution in [2.24, 2.45) is 0 Å². The van der Waals surface area contributed by atoms with E-state index >= 15 is 0 Å². The number of benzene rings is 3. The van der Waals surface area contributed by atoms with E-state index in [0.717, 1.165) is 16.8 Å². The number of methoxy groups -OCH3 is 1. The first-order chi connectivity index (χ1) is 15.0. The summed E-state index contributed by atoms with van der Waals surface area (Å²) in [4.78, 5) is 14.4. The third-order valence-corrected chi connectivity index (χ3v) is 6.80. The van der Waals surface area contributed by atoms with Crippen LogP contribution in [-0.4, -0.2) is 18.8 Å². The van der Waals surface area contributed by atoms with Crippen molar-refractivity contribution in [3.63, 3.8) is 0 Å². The van der Waals surface area contributed by atoms with Crippen molar-refractivity contribution in [1.29, 1.82) is 0 Å². The minimum absolute atomic E-state index is 0.0236. The molecule has 0 bridgehead atoms. The van der Waals surface area contributed by atoms with E-state index in [4.69, 9.17) is 44.3 Å². The summed E-state index contributed by atoms with van der Waals surface area (Å²) in [6, 6.07) is 18.3. The van der Waals surface area contributed by atoms with Gasteiger partial charge in [0.2, 0.25) is 5.91 Å². The van der Waals surface area contributed by atoms with Crippen LogP contribution in [0.2, 0.25) is 15.1 Å². The van der Waals surface area contributed by atoms with Crippen molar-refractivity contribution in [2.75, 3.05) is 17.8 Å². The van der Waals surface area contributed by atoms with Crippen LogP contribution in [0.15, 0.2) is 60.7 Å². The van der Waals surface area contributed by atoms with Gasteiger partial charge in [0, 0.05) is 15.7 Å². The van der Waals surface area contributed by atoms with E-state index in [1.54, 1.807) is 24.1 Å². The zero-order valence-electron chi connectivity index (χ0n) is 16.5. The number of amides is 1. The van der Waals surface area contributed by atoms with E-state index in [1.807, 2.05) is 48.5 Å². The van der Waals surface area contributed by atoms with Crippen LogP contribution in [0.5, 0.6) is 11.5 Å². The van der Waals surface area contributed by atoms with Crippen LogP contribution in [0.25, 0.3) is 0 Å². The lowest BCUT2D eigenvalue weighted by Gasteiger charge is -2.25. The molecule has 8 heteroatoms. The molecule has 1 aliphatic rings. The molecule has 1 atom stereocenters. The molecule has 0 N–H and O–H groups in total. The van der Waals surface area contributed by atoms with Crippen LogP contribution < -0.4 is 14.4 Å². The molecular formula is C23H18Cl3NO3S. The van der Waals surface area contributed by atoms with E-state index in [0.29, 0.717) is 38.9 Å². The van der Waals surface area contributed by atoms with Gasteiger partial charge >= 0.3 is 0 Å². The lowest BCUT2D eigenvalue weighted by Crippen LogP contribution is -2.27. The number of hydrogen-bond acceptors (Lipinski definition) is 4. The lowest BCUT2D eigenvalue weighted by atomic mass is 10.1. The standard InChI is InChI=1S/C23H18Cl3NO3S/c1-29-20-11-15(10-19(26)22(20)30-12-14-2-4-16(24)5-3-14)23-27(21(28)13-31-23)18-8-6-17(25)7-9-18/h2-11,23H,12-13H2,1H3/t23-/m0/s1. The highest BCUT2D eigenvalue weighted by molar-refractivity contribution is 8.00. The quantitative estimate of drug-likeness (QED) is 0.369. The normalized spacial score (nSPS) is 15.9. The average Bonchev–Trinajstić information content (AvgIpc) is 3.15. The van der Waals surface area contributed by atoms with Crippen LogP contribution in [-0.2, 0) is 11.4 Å². The predicted octanol–water partition coefficient (Wildman–Crippen LogP) is 7.01. The predicted molar refractivity (Wildman–Crippen MR) is 128 cm³/mol. The number of halogens is 3. The van der Waals surface area contributed by atoms with Crippen LogP contribution in [0.3, 0.4) is 0 Å². The third-order valence-electron chi connectivity index (χ3n) is 4.81. The molecule has 31 heavy (non-hydrogen) atoms. The van der Waals surface area contributed by atoms with Crippen molar-refractivity contribution in [2.45, 2.75) is 12.0 Å². The number of rotatable bonds is 6. The van der Waals surface area contributed by atoms with Crippen molar-refractivity contribution < 1.29 is 14.3 Å². The summed E-state index contributed by atoms with van der Waals surface area (Å²) in [5.41, 5.74) is 2.59. The summed E-state index contributed by atoms with van der Waals surface area (Å²) in [7, 11) is 1.56. The van der Waals surface area contributed by atoms with Gasteiger partial charge in [-0.3, -0.25) is 9.69 Å².